The molecule has 0 saturated carbocycles. The highest BCUT2D eigenvalue weighted by Crippen LogP contribution is 2.25. The van der Waals surface area contributed by atoms with Gasteiger partial charge in [0, 0.05) is 44.3 Å². The molecule has 2 aliphatic heterocycles. The molecule has 2 saturated heterocycles. The quantitative estimate of drug-likeness (QED) is 0.733. The topological polar surface area (TPSA) is 19.0 Å². The first-order chi connectivity index (χ1) is 14.2. The molecule has 2 fully saturated rings. The second-order valence-corrected chi connectivity index (χ2v) is 8.02. The molecule has 4 rings (SSSR count). The van der Waals surface area contributed by atoms with Gasteiger partial charge in [0.05, 0.1) is 12.3 Å². The molecule has 5 heteroatoms. The average molecular weight is 398 g/mol. The summed E-state index contributed by atoms with van der Waals surface area (Å²) in [6, 6.07) is 16.2. The minimum Gasteiger partial charge on any atom is -0.494 e. The number of halogens is 1. The Kier molecular flexibility index (Phi) is 6.67. The molecule has 2 aromatic rings. The third-order valence-electron chi connectivity index (χ3n) is 6.25. The number of benzene rings is 2. The standard InChI is InChI=1S/C24H32FN3O/c1-2-29-24-10-6-3-7-20(24)19-26-13-11-21(12-14-26)27-15-17-28(18-16-27)23-9-5-4-8-22(23)25/h3-10,21H,2,11-19H2,1H3. The molecule has 0 aromatic heterocycles. The zero-order valence-corrected chi connectivity index (χ0v) is 17.4. The maximum atomic E-state index is 14.1. The number of nitrogens with zero attached hydrogens (tertiary/aromatic N) is 3. The highest BCUT2D eigenvalue weighted by Gasteiger charge is 2.28. The molecule has 29 heavy (non-hydrogen) atoms. The lowest BCUT2D eigenvalue weighted by Crippen LogP contribution is -2.53. The van der Waals surface area contributed by atoms with Crippen LogP contribution in [0, 0.1) is 5.82 Å². The zero-order chi connectivity index (χ0) is 20.1. The van der Waals surface area contributed by atoms with Gasteiger partial charge in [-0.2, -0.15) is 0 Å². The molecule has 0 radical (unpaired) electrons. The molecule has 0 amide bonds. The fourth-order valence-corrected chi connectivity index (χ4v) is 4.65. The number of anilines is 1. The number of ether oxygens (including phenoxy) is 1. The van der Waals surface area contributed by atoms with E-state index in [0.29, 0.717) is 12.6 Å². The Morgan fingerprint density at radius 3 is 2.31 bits per heavy atom. The van der Waals surface area contributed by atoms with E-state index in [1.165, 1.54) is 18.4 Å². The monoisotopic (exact) mass is 397 g/mol. The van der Waals surface area contributed by atoms with Gasteiger partial charge < -0.3 is 9.64 Å². The second kappa shape index (κ2) is 9.59. The molecule has 0 atom stereocenters. The summed E-state index contributed by atoms with van der Waals surface area (Å²) in [5.41, 5.74) is 2.03. The van der Waals surface area contributed by atoms with Crippen molar-refractivity contribution in [3.63, 3.8) is 0 Å². The average Bonchev–Trinajstić information content (AvgIpc) is 2.76. The number of piperazine rings is 1. The van der Waals surface area contributed by atoms with Gasteiger partial charge in [0.1, 0.15) is 11.6 Å². The van der Waals surface area contributed by atoms with Crippen LogP contribution in [0.25, 0.3) is 0 Å². The van der Waals surface area contributed by atoms with E-state index in [1.54, 1.807) is 12.1 Å². The number of para-hydroxylation sites is 2. The van der Waals surface area contributed by atoms with Gasteiger partial charge in [-0.15, -0.1) is 0 Å². The van der Waals surface area contributed by atoms with Crippen LogP contribution in [-0.4, -0.2) is 61.7 Å². The van der Waals surface area contributed by atoms with E-state index in [0.717, 1.165) is 57.3 Å². The van der Waals surface area contributed by atoms with Crippen molar-refractivity contribution in [3.05, 3.63) is 59.9 Å². The normalized spacial score (nSPS) is 19.4. The Balaban J connectivity index is 1.26. The van der Waals surface area contributed by atoms with Gasteiger partial charge in [-0.05, 0) is 51.1 Å². The van der Waals surface area contributed by atoms with Crippen LogP contribution < -0.4 is 9.64 Å². The fourth-order valence-electron chi connectivity index (χ4n) is 4.65. The summed E-state index contributed by atoms with van der Waals surface area (Å²) in [5.74, 6) is 0.906. The Labute approximate surface area is 173 Å². The molecule has 2 aliphatic rings. The lowest BCUT2D eigenvalue weighted by molar-refractivity contribution is 0.0992. The Hall–Kier alpha value is -2.11. The van der Waals surface area contributed by atoms with Crippen LogP contribution in [0.4, 0.5) is 10.1 Å². The van der Waals surface area contributed by atoms with Gasteiger partial charge in [0.15, 0.2) is 0 Å². The van der Waals surface area contributed by atoms with Crippen LogP contribution in [0.1, 0.15) is 25.3 Å². The summed E-state index contributed by atoms with van der Waals surface area (Å²) in [6.07, 6.45) is 2.41. The molecular weight excluding hydrogens is 365 g/mol. The van der Waals surface area contributed by atoms with Crippen LogP contribution in [0.15, 0.2) is 48.5 Å². The lowest BCUT2D eigenvalue weighted by Gasteiger charge is -2.43. The van der Waals surface area contributed by atoms with Crippen molar-refractivity contribution in [1.82, 2.24) is 9.80 Å². The van der Waals surface area contributed by atoms with E-state index in [4.69, 9.17) is 4.74 Å². The minimum absolute atomic E-state index is 0.110. The second-order valence-electron chi connectivity index (χ2n) is 8.02. The molecule has 156 valence electrons. The van der Waals surface area contributed by atoms with Crippen molar-refractivity contribution in [3.8, 4) is 5.75 Å². The fraction of sp³-hybridized carbons (Fsp3) is 0.500. The molecule has 4 nitrogen and oxygen atoms in total. The maximum absolute atomic E-state index is 14.1. The molecule has 0 spiro atoms. The first-order valence-electron chi connectivity index (χ1n) is 10.9. The molecule has 2 heterocycles. The first-order valence-corrected chi connectivity index (χ1v) is 10.9. The third-order valence-corrected chi connectivity index (χ3v) is 6.25. The summed E-state index contributed by atoms with van der Waals surface area (Å²) in [6.45, 7) is 9.80. The number of piperidine rings is 1. The predicted octanol–water partition coefficient (Wildman–Crippen LogP) is 4.01. The van der Waals surface area contributed by atoms with Crippen molar-refractivity contribution >= 4 is 5.69 Å². The summed E-state index contributed by atoms with van der Waals surface area (Å²) in [4.78, 5) is 7.35. The molecule has 0 bridgehead atoms. The van der Waals surface area contributed by atoms with Crippen molar-refractivity contribution < 1.29 is 9.13 Å². The molecule has 0 unspecified atom stereocenters. The van der Waals surface area contributed by atoms with E-state index < -0.39 is 0 Å². The molecule has 2 aromatic carbocycles. The zero-order valence-electron chi connectivity index (χ0n) is 17.4. The van der Waals surface area contributed by atoms with Crippen LogP contribution in [-0.2, 0) is 6.54 Å². The summed E-state index contributed by atoms with van der Waals surface area (Å²) in [7, 11) is 0. The van der Waals surface area contributed by atoms with Crippen LogP contribution >= 0.6 is 0 Å². The Morgan fingerprint density at radius 1 is 0.897 bits per heavy atom. The van der Waals surface area contributed by atoms with Gasteiger partial charge in [0.2, 0.25) is 0 Å². The highest BCUT2D eigenvalue weighted by atomic mass is 19.1. The number of hydrogen-bond donors (Lipinski definition) is 0. The summed E-state index contributed by atoms with van der Waals surface area (Å²) >= 11 is 0. The summed E-state index contributed by atoms with van der Waals surface area (Å²) in [5, 5.41) is 0. The van der Waals surface area contributed by atoms with Gasteiger partial charge in [-0.1, -0.05) is 30.3 Å². The van der Waals surface area contributed by atoms with Crippen molar-refractivity contribution in [2.75, 3.05) is 50.8 Å². The van der Waals surface area contributed by atoms with Crippen LogP contribution in [0.5, 0.6) is 5.75 Å². The minimum atomic E-state index is -0.110. The van der Waals surface area contributed by atoms with E-state index in [9.17, 15) is 4.39 Å². The Morgan fingerprint density at radius 2 is 1.59 bits per heavy atom. The van der Waals surface area contributed by atoms with E-state index in [1.807, 2.05) is 25.1 Å². The van der Waals surface area contributed by atoms with Crippen LogP contribution in [0.2, 0.25) is 0 Å². The lowest BCUT2D eigenvalue weighted by atomic mass is 10.0. The van der Waals surface area contributed by atoms with Gasteiger partial charge in [-0.25, -0.2) is 4.39 Å². The van der Waals surface area contributed by atoms with E-state index >= 15 is 0 Å². The van der Waals surface area contributed by atoms with E-state index in [2.05, 4.69) is 32.9 Å². The van der Waals surface area contributed by atoms with Crippen molar-refractivity contribution in [1.29, 1.82) is 0 Å². The molecular formula is C24H32FN3O. The predicted molar refractivity (Wildman–Crippen MR) is 116 cm³/mol. The third kappa shape index (κ3) is 4.90. The largest absolute Gasteiger partial charge is 0.494 e. The van der Waals surface area contributed by atoms with Gasteiger partial charge >= 0.3 is 0 Å². The SMILES string of the molecule is CCOc1ccccc1CN1CCC(N2CCN(c3ccccc3F)CC2)CC1. The maximum Gasteiger partial charge on any atom is 0.146 e. The number of hydrogen-bond acceptors (Lipinski definition) is 4. The summed E-state index contributed by atoms with van der Waals surface area (Å²) < 4.78 is 19.8. The highest BCUT2D eigenvalue weighted by molar-refractivity contribution is 5.48. The first kappa shape index (κ1) is 20.2. The van der Waals surface area contributed by atoms with Gasteiger partial charge in [-0.3, -0.25) is 9.80 Å². The van der Waals surface area contributed by atoms with Crippen molar-refractivity contribution in [2.45, 2.75) is 32.4 Å². The van der Waals surface area contributed by atoms with E-state index in [-0.39, 0.29) is 5.82 Å². The number of rotatable bonds is 6. The Bertz CT molecular complexity index is 783. The smallest absolute Gasteiger partial charge is 0.146 e. The van der Waals surface area contributed by atoms with Crippen molar-refractivity contribution in [2.24, 2.45) is 0 Å². The molecule has 0 N–H and O–H groups in total. The molecule has 0 aliphatic carbocycles. The van der Waals surface area contributed by atoms with Crippen LogP contribution in [0.3, 0.4) is 0 Å². The number of likely N-dealkylation sites (tertiary alicyclic amines) is 1. The van der Waals surface area contributed by atoms with Gasteiger partial charge in [0.25, 0.3) is 0 Å².